The predicted molar refractivity (Wildman–Crippen MR) is 148 cm³/mol. The smallest absolute Gasteiger partial charge is 0.211 e. The van der Waals surface area contributed by atoms with Crippen molar-refractivity contribution in [2.24, 2.45) is 11.1 Å². The first-order chi connectivity index (χ1) is 15.3. The summed E-state index contributed by atoms with van der Waals surface area (Å²) in [4.78, 5) is 11.9. The lowest BCUT2D eigenvalue weighted by molar-refractivity contribution is 0.0973. The summed E-state index contributed by atoms with van der Waals surface area (Å²) in [5.74, 6) is 1.51. The number of nitrogens with two attached hydrogens (primary N) is 1. The SMILES string of the molecule is COc1cc(Cl)c(Cl)c(-c2c(C)nc(N3CCC4(CC3)CO[C@@H](C)[C@H]4N)n3ccnc23)c1.S.S. The van der Waals surface area contributed by atoms with E-state index in [4.69, 9.17) is 43.4 Å². The molecule has 1 aromatic carbocycles. The number of piperidine rings is 1. The molecule has 34 heavy (non-hydrogen) atoms. The molecule has 2 aliphatic heterocycles. The van der Waals surface area contributed by atoms with Crippen LogP contribution in [0, 0.1) is 12.3 Å². The molecule has 186 valence electrons. The van der Waals surface area contributed by atoms with E-state index in [1.54, 1.807) is 19.4 Å². The topological polar surface area (TPSA) is 77.9 Å². The van der Waals surface area contributed by atoms with Gasteiger partial charge in [-0.1, -0.05) is 23.2 Å². The van der Waals surface area contributed by atoms with E-state index >= 15 is 0 Å². The Morgan fingerprint density at radius 1 is 1.21 bits per heavy atom. The number of rotatable bonds is 3. The molecule has 1 spiro atoms. The van der Waals surface area contributed by atoms with Crippen molar-refractivity contribution in [3.8, 4) is 16.9 Å². The molecule has 0 aliphatic carbocycles. The molecular formula is C23H31Cl2N5O2S2. The molecule has 0 unspecified atom stereocenters. The van der Waals surface area contributed by atoms with Crippen LogP contribution in [0.4, 0.5) is 5.95 Å². The Labute approximate surface area is 223 Å². The van der Waals surface area contributed by atoms with Crippen LogP contribution in [0.15, 0.2) is 24.5 Å². The van der Waals surface area contributed by atoms with Gasteiger partial charge in [0.2, 0.25) is 5.95 Å². The van der Waals surface area contributed by atoms with E-state index < -0.39 is 0 Å². The van der Waals surface area contributed by atoms with Crippen LogP contribution in [-0.4, -0.2) is 53.3 Å². The molecule has 2 fully saturated rings. The van der Waals surface area contributed by atoms with Gasteiger partial charge in [-0.05, 0) is 32.8 Å². The van der Waals surface area contributed by atoms with Crippen LogP contribution in [0.1, 0.15) is 25.5 Å². The van der Waals surface area contributed by atoms with Gasteiger partial charge in [0.15, 0.2) is 0 Å². The Morgan fingerprint density at radius 2 is 1.91 bits per heavy atom. The minimum atomic E-state index is 0. The molecule has 11 heteroatoms. The zero-order valence-electron chi connectivity index (χ0n) is 19.4. The maximum atomic E-state index is 6.59. The fourth-order valence-corrected chi connectivity index (χ4v) is 5.51. The molecule has 0 radical (unpaired) electrons. The molecule has 0 saturated carbocycles. The third-order valence-electron chi connectivity index (χ3n) is 7.10. The summed E-state index contributed by atoms with van der Waals surface area (Å²) >= 11 is 13.0. The summed E-state index contributed by atoms with van der Waals surface area (Å²) in [6, 6.07) is 3.66. The number of halogens is 2. The highest BCUT2D eigenvalue weighted by atomic mass is 35.5. The van der Waals surface area contributed by atoms with Gasteiger partial charge in [0.25, 0.3) is 0 Å². The second-order valence-corrected chi connectivity index (χ2v) is 9.64. The van der Waals surface area contributed by atoms with Gasteiger partial charge in [0.1, 0.15) is 11.4 Å². The van der Waals surface area contributed by atoms with E-state index in [-0.39, 0.29) is 44.6 Å². The van der Waals surface area contributed by atoms with E-state index in [2.05, 4.69) is 16.8 Å². The number of aromatic nitrogens is 3. The van der Waals surface area contributed by atoms with Gasteiger partial charge >= 0.3 is 0 Å². The second kappa shape index (κ2) is 10.3. The number of anilines is 1. The highest BCUT2D eigenvalue weighted by Crippen LogP contribution is 2.43. The molecule has 2 N–H and O–H groups in total. The maximum Gasteiger partial charge on any atom is 0.211 e. The number of nitrogens with zero attached hydrogens (tertiary/aromatic N) is 4. The van der Waals surface area contributed by atoms with Crippen LogP contribution in [0.2, 0.25) is 10.0 Å². The van der Waals surface area contributed by atoms with E-state index in [0.29, 0.717) is 15.8 Å². The maximum absolute atomic E-state index is 6.59. The molecule has 2 aliphatic rings. The number of hydrogen-bond acceptors (Lipinski definition) is 6. The summed E-state index contributed by atoms with van der Waals surface area (Å²) in [6.07, 6.45) is 5.80. The lowest BCUT2D eigenvalue weighted by atomic mass is 9.73. The van der Waals surface area contributed by atoms with Crippen molar-refractivity contribution in [1.82, 2.24) is 14.4 Å². The fraction of sp³-hybridized carbons (Fsp3) is 0.478. The van der Waals surface area contributed by atoms with Gasteiger partial charge in [0.05, 0.1) is 35.6 Å². The van der Waals surface area contributed by atoms with E-state index in [1.165, 1.54) is 0 Å². The Balaban J connectivity index is 0.00000162. The van der Waals surface area contributed by atoms with Crippen molar-refractivity contribution in [3.05, 3.63) is 40.3 Å². The normalized spacial score (nSPS) is 21.4. The third-order valence-corrected chi connectivity index (χ3v) is 7.91. The molecule has 4 heterocycles. The third kappa shape index (κ3) is 4.35. The Morgan fingerprint density at radius 3 is 2.53 bits per heavy atom. The highest BCUT2D eigenvalue weighted by Gasteiger charge is 2.47. The summed E-state index contributed by atoms with van der Waals surface area (Å²) in [5.41, 5.74) is 9.77. The standard InChI is InChI=1S/C23H27Cl2N5O2.2H2S/c1-13-18(16-10-15(31-3)11-17(24)19(16)25)21-27-6-9-30(21)22(28-13)29-7-4-23(5-8-29)12-32-14(2)20(23)26;;/h6,9-11,14,20H,4-5,7-8,12,26H2,1-3H3;2*1H2/t14-,20+;;/m0../s1. The fourth-order valence-electron chi connectivity index (χ4n) is 5.10. The monoisotopic (exact) mass is 543 g/mol. The summed E-state index contributed by atoms with van der Waals surface area (Å²) in [5, 5.41) is 0.888. The Bertz CT molecular complexity index is 1180. The highest BCUT2D eigenvalue weighted by molar-refractivity contribution is 7.59. The largest absolute Gasteiger partial charge is 0.497 e. The van der Waals surface area contributed by atoms with Crippen LogP contribution in [-0.2, 0) is 4.74 Å². The average Bonchev–Trinajstić information content (AvgIpc) is 3.38. The lowest BCUT2D eigenvalue weighted by Gasteiger charge is -2.41. The molecule has 0 amide bonds. The van der Waals surface area contributed by atoms with Gasteiger partial charge in [0, 0.05) is 54.1 Å². The van der Waals surface area contributed by atoms with Gasteiger partial charge in [-0.3, -0.25) is 4.40 Å². The molecule has 2 aromatic heterocycles. The first kappa shape index (κ1) is 27.2. The quantitative estimate of drug-likeness (QED) is 0.520. The minimum Gasteiger partial charge on any atom is -0.497 e. The van der Waals surface area contributed by atoms with Crippen LogP contribution in [0.25, 0.3) is 16.8 Å². The molecular weight excluding hydrogens is 513 g/mol. The van der Waals surface area contributed by atoms with Gasteiger partial charge in [-0.25, -0.2) is 9.97 Å². The number of ether oxygens (including phenoxy) is 2. The van der Waals surface area contributed by atoms with E-state index in [9.17, 15) is 0 Å². The number of imidazole rings is 1. The number of benzene rings is 1. The summed E-state index contributed by atoms with van der Waals surface area (Å²) in [6.45, 7) is 6.53. The number of aryl methyl sites for hydroxylation is 1. The molecule has 5 rings (SSSR count). The average molecular weight is 545 g/mol. The van der Waals surface area contributed by atoms with E-state index in [1.807, 2.05) is 23.6 Å². The molecule has 7 nitrogen and oxygen atoms in total. The number of methoxy groups -OCH3 is 1. The molecule has 2 saturated heterocycles. The molecule has 2 atom stereocenters. The van der Waals surface area contributed by atoms with E-state index in [0.717, 1.165) is 61.0 Å². The lowest BCUT2D eigenvalue weighted by Crippen LogP contribution is -2.51. The van der Waals surface area contributed by atoms with Gasteiger partial charge in [-0.15, -0.1) is 0 Å². The second-order valence-electron chi connectivity index (χ2n) is 8.86. The van der Waals surface area contributed by atoms with Crippen molar-refractivity contribution < 1.29 is 9.47 Å². The van der Waals surface area contributed by atoms with Crippen LogP contribution in [0.3, 0.4) is 0 Å². The van der Waals surface area contributed by atoms with Crippen LogP contribution in [0.5, 0.6) is 5.75 Å². The van der Waals surface area contributed by atoms with Crippen LogP contribution >= 0.6 is 50.2 Å². The number of fused-ring (bicyclic) bond motifs is 1. The van der Waals surface area contributed by atoms with Crippen molar-refractivity contribution >= 4 is 61.8 Å². The molecule has 3 aromatic rings. The Hall–Kier alpha value is -1.36. The first-order valence-electron chi connectivity index (χ1n) is 10.8. The number of hydrogen-bond donors (Lipinski definition) is 1. The zero-order valence-corrected chi connectivity index (χ0v) is 23.0. The first-order valence-corrected chi connectivity index (χ1v) is 11.6. The predicted octanol–water partition coefficient (Wildman–Crippen LogP) is 4.58. The van der Waals surface area contributed by atoms with Crippen LogP contribution < -0.4 is 15.4 Å². The Kier molecular flexibility index (Phi) is 8.27. The van der Waals surface area contributed by atoms with Crippen molar-refractivity contribution in [3.63, 3.8) is 0 Å². The van der Waals surface area contributed by atoms with Crippen molar-refractivity contribution in [2.75, 3.05) is 31.7 Å². The van der Waals surface area contributed by atoms with Crippen molar-refractivity contribution in [2.45, 2.75) is 38.8 Å². The molecule has 0 bridgehead atoms. The zero-order chi connectivity index (χ0) is 22.6. The summed E-state index contributed by atoms with van der Waals surface area (Å²) < 4.78 is 13.3. The summed E-state index contributed by atoms with van der Waals surface area (Å²) in [7, 11) is 1.60. The van der Waals surface area contributed by atoms with Gasteiger partial charge in [-0.2, -0.15) is 27.0 Å². The minimum absolute atomic E-state index is 0. The van der Waals surface area contributed by atoms with Gasteiger partial charge < -0.3 is 20.1 Å². The van der Waals surface area contributed by atoms with Crippen molar-refractivity contribution in [1.29, 1.82) is 0 Å².